The largest absolute Gasteiger partial charge is 0.338 e. The van der Waals surface area contributed by atoms with Gasteiger partial charge in [-0.25, -0.2) is 0 Å². The van der Waals surface area contributed by atoms with E-state index < -0.39 is 0 Å². The highest BCUT2D eigenvalue weighted by Crippen LogP contribution is 2.40. The molecule has 1 spiro atoms. The van der Waals surface area contributed by atoms with Crippen LogP contribution in [0.25, 0.3) is 0 Å². The Bertz CT molecular complexity index is 721. The molecule has 2 fully saturated rings. The smallest absolute Gasteiger partial charge is 0.230 e. The Balaban J connectivity index is 1.43. The molecule has 2 aliphatic rings. The average molecular weight is 336 g/mol. The maximum absolute atomic E-state index is 13.1. The predicted octanol–water partition coefficient (Wildman–Crippen LogP) is 2.49. The van der Waals surface area contributed by atoms with Gasteiger partial charge in [-0.2, -0.15) is 0 Å². The molecule has 1 amide bonds. The summed E-state index contributed by atoms with van der Waals surface area (Å²) in [5, 5.41) is 0. The summed E-state index contributed by atoms with van der Waals surface area (Å²) in [4.78, 5) is 26.2. The third-order valence-corrected chi connectivity index (χ3v) is 5.47. The maximum Gasteiger partial charge on any atom is 0.230 e. The summed E-state index contributed by atoms with van der Waals surface area (Å²) < 4.78 is 0. The minimum absolute atomic E-state index is 0.199. The molecule has 0 saturated carbocycles. The predicted molar refractivity (Wildman–Crippen MR) is 95.5 cm³/mol. The van der Waals surface area contributed by atoms with E-state index in [0.717, 1.165) is 56.7 Å². The van der Waals surface area contributed by atoms with Gasteiger partial charge in [0.05, 0.1) is 11.1 Å². The van der Waals surface area contributed by atoms with Gasteiger partial charge in [-0.3, -0.25) is 19.7 Å². The lowest BCUT2D eigenvalue weighted by molar-refractivity contribution is -0.139. The van der Waals surface area contributed by atoms with Gasteiger partial charge in [0.2, 0.25) is 5.91 Å². The number of rotatable bonds is 4. The molecule has 2 aromatic rings. The molecule has 1 atom stereocenters. The van der Waals surface area contributed by atoms with Gasteiger partial charge in [-0.1, -0.05) is 12.1 Å². The molecule has 0 unspecified atom stereocenters. The molecule has 0 aliphatic carbocycles. The number of nitrogens with zero attached hydrogens (tertiary/aromatic N) is 4. The van der Waals surface area contributed by atoms with Crippen LogP contribution in [-0.4, -0.2) is 45.3 Å². The van der Waals surface area contributed by atoms with E-state index in [2.05, 4.69) is 20.9 Å². The number of likely N-dealkylation sites (tertiary alicyclic amines) is 2. The zero-order valence-electron chi connectivity index (χ0n) is 14.5. The van der Waals surface area contributed by atoms with Crippen LogP contribution in [0.2, 0.25) is 0 Å². The van der Waals surface area contributed by atoms with Gasteiger partial charge in [0.1, 0.15) is 0 Å². The van der Waals surface area contributed by atoms with Gasteiger partial charge in [0.25, 0.3) is 0 Å². The monoisotopic (exact) mass is 336 g/mol. The number of pyridine rings is 2. The van der Waals surface area contributed by atoms with Crippen molar-refractivity contribution in [3.63, 3.8) is 0 Å². The first kappa shape index (κ1) is 16.2. The van der Waals surface area contributed by atoms with Crippen molar-refractivity contribution in [2.45, 2.75) is 32.4 Å². The molecule has 0 aromatic carbocycles. The van der Waals surface area contributed by atoms with Crippen LogP contribution in [0.1, 0.15) is 30.5 Å². The SMILES string of the molecule is O=C1N(Cc2cccnc2)CC[C@@]12CCCN(Cc1ccccn1)C2. The number of carbonyl (C=O) groups is 1. The molecule has 25 heavy (non-hydrogen) atoms. The Hall–Kier alpha value is -2.27. The van der Waals surface area contributed by atoms with E-state index in [1.54, 1.807) is 6.20 Å². The Morgan fingerprint density at radius 1 is 1.04 bits per heavy atom. The summed E-state index contributed by atoms with van der Waals surface area (Å²) in [5.74, 6) is 0.321. The molecule has 5 heteroatoms. The van der Waals surface area contributed by atoms with Crippen molar-refractivity contribution in [1.82, 2.24) is 19.8 Å². The number of piperidine rings is 1. The van der Waals surface area contributed by atoms with Gasteiger partial charge in [0.15, 0.2) is 0 Å². The van der Waals surface area contributed by atoms with Crippen molar-refractivity contribution in [2.24, 2.45) is 5.41 Å². The third-order valence-electron chi connectivity index (χ3n) is 5.47. The molecule has 5 nitrogen and oxygen atoms in total. The van der Waals surface area contributed by atoms with Crippen LogP contribution in [0.4, 0.5) is 0 Å². The average Bonchev–Trinajstić information content (AvgIpc) is 2.93. The van der Waals surface area contributed by atoms with Crippen molar-refractivity contribution in [3.8, 4) is 0 Å². The quantitative estimate of drug-likeness (QED) is 0.861. The van der Waals surface area contributed by atoms with E-state index in [0.29, 0.717) is 12.5 Å². The van der Waals surface area contributed by atoms with Gasteiger partial charge in [0, 0.05) is 44.8 Å². The van der Waals surface area contributed by atoms with Crippen molar-refractivity contribution < 1.29 is 4.79 Å². The van der Waals surface area contributed by atoms with Crippen LogP contribution in [0.3, 0.4) is 0 Å². The number of hydrogen-bond donors (Lipinski definition) is 0. The Labute approximate surface area is 148 Å². The van der Waals surface area contributed by atoms with Crippen LogP contribution < -0.4 is 0 Å². The van der Waals surface area contributed by atoms with E-state index in [1.807, 2.05) is 41.6 Å². The van der Waals surface area contributed by atoms with Gasteiger partial charge >= 0.3 is 0 Å². The molecule has 2 saturated heterocycles. The highest BCUT2D eigenvalue weighted by atomic mass is 16.2. The summed E-state index contributed by atoms with van der Waals surface area (Å²) in [6.45, 7) is 4.26. The fraction of sp³-hybridized carbons (Fsp3) is 0.450. The second-order valence-corrected chi connectivity index (χ2v) is 7.25. The Morgan fingerprint density at radius 3 is 2.80 bits per heavy atom. The molecule has 2 aliphatic heterocycles. The zero-order valence-corrected chi connectivity index (χ0v) is 14.5. The first-order chi connectivity index (χ1) is 12.3. The van der Waals surface area contributed by atoms with Crippen molar-refractivity contribution in [3.05, 3.63) is 60.2 Å². The molecule has 4 heterocycles. The zero-order chi connectivity index (χ0) is 17.1. The second-order valence-electron chi connectivity index (χ2n) is 7.25. The van der Waals surface area contributed by atoms with Crippen LogP contribution in [-0.2, 0) is 17.9 Å². The number of aromatic nitrogens is 2. The van der Waals surface area contributed by atoms with Crippen LogP contribution in [0.5, 0.6) is 0 Å². The van der Waals surface area contributed by atoms with Crippen molar-refractivity contribution in [1.29, 1.82) is 0 Å². The fourth-order valence-corrected chi connectivity index (χ4v) is 4.22. The first-order valence-electron chi connectivity index (χ1n) is 9.06. The summed E-state index contributed by atoms with van der Waals surface area (Å²) in [6, 6.07) is 10.0. The molecule has 0 radical (unpaired) electrons. The lowest BCUT2D eigenvalue weighted by Gasteiger charge is -2.39. The van der Waals surface area contributed by atoms with E-state index in [1.165, 1.54) is 0 Å². The van der Waals surface area contributed by atoms with E-state index in [4.69, 9.17) is 0 Å². The fourth-order valence-electron chi connectivity index (χ4n) is 4.22. The molecule has 130 valence electrons. The summed E-state index contributed by atoms with van der Waals surface area (Å²) in [7, 11) is 0. The Kier molecular flexibility index (Phi) is 4.49. The van der Waals surface area contributed by atoms with Crippen molar-refractivity contribution in [2.75, 3.05) is 19.6 Å². The van der Waals surface area contributed by atoms with Crippen molar-refractivity contribution >= 4 is 5.91 Å². The van der Waals surface area contributed by atoms with Gasteiger partial charge in [-0.15, -0.1) is 0 Å². The summed E-state index contributed by atoms with van der Waals surface area (Å²) in [5.41, 5.74) is 1.99. The lowest BCUT2D eigenvalue weighted by Crippen LogP contribution is -2.47. The highest BCUT2D eigenvalue weighted by Gasteiger charge is 2.48. The minimum atomic E-state index is -0.199. The van der Waals surface area contributed by atoms with Gasteiger partial charge < -0.3 is 4.90 Å². The molecule has 4 rings (SSSR count). The number of amides is 1. The van der Waals surface area contributed by atoms with Crippen LogP contribution >= 0.6 is 0 Å². The number of carbonyl (C=O) groups excluding carboxylic acids is 1. The van der Waals surface area contributed by atoms with Crippen LogP contribution in [0, 0.1) is 5.41 Å². The Morgan fingerprint density at radius 2 is 2.00 bits per heavy atom. The molecule has 0 N–H and O–H groups in total. The second kappa shape index (κ2) is 6.92. The van der Waals surface area contributed by atoms with E-state index >= 15 is 0 Å². The summed E-state index contributed by atoms with van der Waals surface area (Å²) >= 11 is 0. The first-order valence-corrected chi connectivity index (χ1v) is 9.06. The third kappa shape index (κ3) is 3.42. The maximum atomic E-state index is 13.1. The molecule has 0 bridgehead atoms. The number of hydrogen-bond acceptors (Lipinski definition) is 4. The molecular formula is C20H24N4O. The van der Waals surface area contributed by atoms with Gasteiger partial charge in [-0.05, 0) is 49.6 Å². The van der Waals surface area contributed by atoms with Crippen LogP contribution in [0.15, 0.2) is 48.9 Å². The lowest BCUT2D eigenvalue weighted by atomic mass is 9.78. The standard InChI is InChI=1S/C20H24N4O/c25-19-20(8-12-24(19)14-17-5-3-9-21-13-17)7-4-11-23(16-20)15-18-6-1-2-10-22-18/h1-3,5-6,9-10,13H,4,7-8,11-12,14-16H2/t20-/m1/s1. The van der Waals surface area contributed by atoms with E-state index in [9.17, 15) is 4.79 Å². The van der Waals surface area contributed by atoms with E-state index in [-0.39, 0.29) is 5.41 Å². The minimum Gasteiger partial charge on any atom is -0.338 e. The molecular weight excluding hydrogens is 312 g/mol. The normalized spacial score (nSPS) is 24.2. The highest BCUT2D eigenvalue weighted by molar-refractivity contribution is 5.85. The molecule has 2 aromatic heterocycles. The summed E-state index contributed by atoms with van der Waals surface area (Å²) in [6.07, 6.45) is 8.52. The topological polar surface area (TPSA) is 49.3 Å².